The number of amides is 1. The molecule has 0 saturated heterocycles. The quantitative estimate of drug-likeness (QED) is 0.830. The Morgan fingerprint density at radius 1 is 1.61 bits per heavy atom. The molecule has 1 aromatic rings. The van der Waals surface area contributed by atoms with Crippen LogP contribution in [0.1, 0.15) is 43.2 Å². The van der Waals surface area contributed by atoms with E-state index in [-0.39, 0.29) is 12.5 Å². The Labute approximate surface area is 108 Å². The predicted molar refractivity (Wildman–Crippen MR) is 70.4 cm³/mol. The highest BCUT2D eigenvalue weighted by molar-refractivity contribution is 5.95. The molecule has 18 heavy (non-hydrogen) atoms. The Balaban J connectivity index is 2.59. The van der Waals surface area contributed by atoms with Gasteiger partial charge in [0.25, 0.3) is 5.91 Å². The standard InChI is InChI=1S/C13H23N3O2/c1-9(2)6-13(4,18)8-14-12(17)11-7-16(5)15-10(11)3/h7,9,18H,6,8H2,1-5H3,(H,14,17). The van der Waals surface area contributed by atoms with Crippen molar-refractivity contribution in [1.29, 1.82) is 0 Å². The lowest BCUT2D eigenvalue weighted by Crippen LogP contribution is -2.41. The average molecular weight is 253 g/mol. The normalized spacial score (nSPS) is 14.6. The Kier molecular flexibility index (Phi) is 4.51. The maximum absolute atomic E-state index is 11.9. The number of nitrogens with one attached hydrogen (secondary N) is 1. The van der Waals surface area contributed by atoms with Gasteiger partial charge in [0.1, 0.15) is 0 Å². The number of aliphatic hydroxyl groups is 1. The fraction of sp³-hybridized carbons (Fsp3) is 0.692. The minimum Gasteiger partial charge on any atom is -0.388 e. The molecule has 102 valence electrons. The molecule has 5 nitrogen and oxygen atoms in total. The molecule has 1 amide bonds. The highest BCUT2D eigenvalue weighted by Gasteiger charge is 2.23. The number of nitrogens with zero attached hydrogens (tertiary/aromatic N) is 2. The number of hydrogen-bond donors (Lipinski definition) is 2. The third kappa shape index (κ3) is 4.14. The highest BCUT2D eigenvalue weighted by atomic mass is 16.3. The minimum absolute atomic E-state index is 0.190. The van der Waals surface area contributed by atoms with Crippen molar-refractivity contribution in [1.82, 2.24) is 15.1 Å². The molecule has 1 unspecified atom stereocenters. The SMILES string of the molecule is Cc1nn(C)cc1C(=O)NCC(C)(O)CC(C)C. The maximum atomic E-state index is 11.9. The Morgan fingerprint density at radius 3 is 2.67 bits per heavy atom. The largest absolute Gasteiger partial charge is 0.388 e. The summed E-state index contributed by atoms with van der Waals surface area (Å²) in [5, 5.41) is 17.0. The summed E-state index contributed by atoms with van der Waals surface area (Å²) in [6, 6.07) is 0. The monoisotopic (exact) mass is 253 g/mol. The first kappa shape index (κ1) is 14.7. The van der Waals surface area contributed by atoms with E-state index in [4.69, 9.17) is 0 Å². The summed E-state index contributed by atoms with van der Waals surface area (Å²) in [4.78, 5) is 11.9. The van der Waals surface area contributed by atoms with Gasteiger partial charge in [0.05, 0.1) is 16.9 Å². The third-order valence-electron chi connectivity index (χ3n) is 2.74. The van der Waals surface area contributed by atoms with Gasteiger partial charge in [0.2, 0.25) is 0 Å². The van der Waals surface area contributed by atoms with Gasteiger partial charge in [-0.1, -0.05) is 13.8 Å². The van der Waals surface area contributed by atoms with Gasteiger partial charge in [0.15, 0.2) is 0 Å². The van der Waals surface area contributed by atoms with Crippen LogP contribution in [0.3, 0.4) is 0 Å². The summed E-state index contributed by atoms with van der Waals surface area (Å²) < 4.78 is 1.61. The molecule has 5 heteroatoms. The van der Waals surface area contributed by atoms with E-state index in [2.05, 4.69) is 10.4 Å². The van der Waals surface area contributed by atoms with E-state index >= 15 is 0 Å². The first-order valence-corrected chi connectivity index (χ1v) is 6.22. The average Bonchev–Trinajstić information content (AvgIpc) is 2.52. The zero-order chi connectivity index (χ0) is 13.9. The molecule has 0 aliphatic rings. The number of aryl methyl sites for hydroxylation is 2. The van der Waals surface area contributed by atoms with Crippen LogP contribution in [-0.4, -0.2) is 32.9 Å². The van der Waals surface area contributed by atoms with Gasteiger partial charge in [-0.15, -0.1) is 0 Å². The molecule has 1 aromatic heterocycles. The number of carbonyl (C=O) groups is 1. The van der Waals surface area contributed by atoms with E-state index in [0.717, 1.165) is 0 Å². The van der Waals surface area contributed by atoms with Gasteiger partial charge >= 0.3 is 0 Å². The third-order valence-corrected chi connectivity index (χ3v) is 2.74. The van der Waals surface area contributed by atoms with Crippen LogP contribution in [0, 0.1) is 12.8 Å². The van der Waals surface area contributed by atoms with Gasteiger partial charge in [-0.2, -0.15) is 5.10 Å². The molecule has 0 bridgehead atoms. The molecule has 0 spiro atoms. The Bertz CT molecular complexity index is 422. The van der Waals surface area contributed by atoms with E-state index < -0.39 is 5.60 Å². The lowest BCUT2D eigenvalue weighted by Gasteiger charge is -2.25. The molecule has 1 heterocycles. The summed E-state index contributed by atoms with van der Waals surface area (Å²) in [6.45, 7) is 7.87. The smallest absolute Gasteiger partial charge is 0.254 e. The molecular formula is C13H23N3O2. The second-order valence-corrected chi connectivity index (χ2v) is 5.58. The van der Waals surface area contributed by atoms with Crippen LogP contribution in [0.15, 0.2) is 6.20 Å². The fourth-order valence-electron chi connectivity index (χ4n) is 2.14. The number of aromatic nitrogens is 2. The molecule has 0 aliphatic heterocycles. The first-order chi connectivity index (χ1) is 8.21. The van der Waals surface area contributed by atoms with Crippen molar-refractivity contribution in [2.24, 2.45) is 13.0 Å². The Morgan fingerprint density at radius 2 is 2.22 bits per heavy atom. The second-order valence-electron chi connectivity index (χ2n) is 5.58. The van der Waals surface area contributed by atoms with Crippen LogP contribution >= 0.6 is 0 Å². The van der Waals surface area contributed by atoms with Crippen molar-refractivity contribution in [3.8, 4) is 0 Å². The zero-order valence-electron chi connectivity index (χ0n) is 11.8. The van der Waals surface area contributed by atoms with Gasteiger partial charge in [-0.25, -0.2) is 0 Å². The lowest BCUT2D eigenvalue weighted by molar-refractivity contribution is 0.0368. The van der Waals surface area contributed by atoms with E-state index in [1.54, 1.807) is 31.8 Å². The molecule has 1 atom stereocenters. The number of carbonyl (C=O) groups excluding carboxylic acids is 1. The summed E-state index contributed by atoms with van der Waals surface area (Å²) in [5.41, 5.74) is 0.372. The van der Waals surface area contributed by atoms with E-state index in [0.29, 0.717) is 23.6 Å². The molecule has 0 aromatic carbocycles. The summed E-state index contributed by atoms with van der Waals surface area (Å²) in [6.07, 6.45) is 2.33. The van der Waals surface area contributed by atoms with Crippen LogP contribution in [0.25, 0.3) is 0 Å². The molecule has 0 fully saturated rings. The maximum Gasteiger partial charge on any atom is 0.254 e. The first-order valence-electron chi connectivity index (χ1n) is 6.22. The van der Waals surface area contributed by atoms with Crippen molar-refractivity contribution in [3.63, 3.8) is 0 Å². The topological polar surface area (TPSA) is 67.2 Å². The molecule has 0 aliphatic carbocycles. The van der Waals surface area contributed by atoms with E-state index in [1.807, 2.05) is 13.8 Å². The number of rotatable bonds is 5. The van der Waals surface area contributed by atoms with Crippen LogP contribution in [0.2, 0.25) is 0 Å². The van der Waals surface area contributed by atoms with Crippen LogP contribution in [0.5, 0.6) is 0 Å². The van der Waals surface area contributed by atoms with Crippen molar-refractivity contribution in [2.75, 3.05) is 6.54 Å². The van der Waals surface area contributed by atoms with Gasteiger partial charge in [-0.3, -0.25) is 9.48 Å². The summed E-state index contributed by atoms with van der Waals surface area (Å²) in [7, 11) is 1.78. The van der Waals surface area contributed by atoms with E-state index in [1.165, 1.54) is 0 Å². The van der Waals surface area contributed by atoms with Crippen molar-refractivity contribution >= 4 is 5.91 Å². The number of hydrogen-bond acceptors (Lipinski definition) is 3. The zero-order valence-corrected chi connectivity index (χ0v) is 11.8. The Hall–Kier alpha value is -1.36. The van der Waals surface area contributed by atoms with Gasteiger partial charge in [-0.05, 0) is 26.2 Å². The molecule has 2 N–H and O–H groups in total. The van der Waals surface area contributed by atoms with Crippen LogP contribution < -0.4 is 5.32 Å². The summed E-state index contributed by atoms with van der Waals surface area (Å²) in [5.74, 6) is 0.196. The second kappa shape index (κ2) is 5.52. The van der Waals surface area contributed by atoms with Crippen molar-refractivity contribution < 1.29 is 9.90 Å². The van der Waals surface area contributed by atoms with E-state index in [9.17, 15) is 9.90 Å². The predicted octanol–water partition coefficient (Wildman–Crippen LogP) is 1.26. The lowest BCUT2D eigenvalue weighted by atomic mass is 9.94. The molecule has 0 radical (unpaired) electrons. The minimum atomic E-state index is -0.875. The van der Waals surface area contributed by atoms with Gasteiger partial charge < -0.3 is 10.4 Å². The van der Waals surface area contributed by atoms with Crippen molar-refractivity contribution in [3.05, 3.63) is 17.5 Å². The van der Waals surface area contributed by atoms with Crippen molar-refractivity contribution in [2.45, 2.75) is 39.7 Å². The molecule has 1 rings (SSSR count). The molecule has 0 saturated carbocycles. The fourth-order valence-corrected chi connectivity index (χ4v) is 2.14. The molecular weight excluding hydrogens is 230 g/mol. The van der Waals surface area contributed by atoms with Gasteiger partial charge in [0, 0.05) is 19.8 Å². The van der Waals surface area contributed by atoms with Crippen LogP contribution in [0.4, 0.5) is 0 Å². The summed E-state index contributed by atoms with van der Waals surface area (Å²) >= 11 is 0. The highest BCUT2D eigenvalue weighted by Crippen LogP contribution is 2.15. The van der Waals surface area contributed by atoms with Crippen LogP contribution in [-0.2, 0) is 7.05 Å².